The van der Waals surface area contributed by atoms with Crippen molar-refractivity contribution in [2.24, 2.45) is 0 Å². The number of unbranched alkanes of at least 4 members (excludes halogenated alkanes) is 1. The highest BCUT2D eigenvalue weighted by Crippen LogP contribution is 2.29. The maximum Gasteiger partial charge on any atom is 0.252 e. The van der Waals surface area contributed by atoms with Gasteiger partial charge in [0.1, 0.15) is 5.54 Å². The number of carbonyl (C=O) groups excluding carboxylic acids is 2. The van der Waals surface area contributed by atoms with Gasteiger partial charge in [-0.3, -0.25) is 9.59 Å². The number of hydrogen-bond donors (Lipinski definition) is 2. The van der Waals surface area contributed by atoms with Gasteiger partial charge in [-0.05, 0) is 31.4 Å². The quantitative estimate of drug-likeness (QED) is 0.606. The van der Waals surface area contributed by atoms with Gasteiger partial charge in [-0.1, -0.05) is 32.6 Å². The second kappa shape index (κ2) is 8.36. The predicted octanol–water partition coefficient (Wildman–Crippen LogP) is 3.45. The zero-order valence-electron chi connectivity index (χ0n) is 14.3. The molecular formula is C18H23F3N2O2. The number of halogens is 3. The summed E-state index contributed by atoms with van der Waals surface area (Å²) in [5.41, 5.74) is -1.44. The molecule has 0 atom stereocenters. The van der Waals surface area contributed by atoms with Crippen LogP contribution in [-0.4, -0.2) is 23.9 Å². The van der Waals surface area contributed by atoms with Crippen LogP contribution in [0.4, 0.5) is 13.2 Å². The lowest BCUT2D eigenvalue weighted by atomic mass is 9.80. The Balaban J connectivity index is 2.18. The van der Waals surface area contributed by atoms with E-state index in [0.29, 0.717) is 31.5 Å². The third-order valence-electron chi connectivity index (χ3n) is 4.56. The highest BCUT2D eigenvalue weighted by atomic mass is 19.2. The smallest absolute Gasteiger partial charge is 0.252 e. The predicted molar refractivity (Wildman–Crippen MR) is 87.5 cm³/mol. The Bertz CT molecular complexity index is 620. The third kappa shape index (κ3) is 4.52. The molecule has 7 heteroatoms. The lowest BCUT2D eigenvalue weighted by molar-refractivity contribution is -0.128. The summed E-state index contributed by atoms with van der Waals surface area (Å²) in [5.74, 6) is -5.56. The van der Waals surface area contributed by atoms with Crippen LogP contribution >= 0.6 is 0 Å². The molecule has 2 N–H and O–H groups in total. The highest BCUT2D eigenvalue weighted by Gasteiger charge is 2.40. The van der Waals surface area contributed by atoms with Gasteiger partial charge in [0.15, 0.2) is 17.5 Å². The maximum absolute atomic E-state index is 13.4. The molecular weight excluding hydrogens is 333 g/mol. The van der Waals surface area contributed by atoms with Gasteiger partial charge < -0.3 is 10.6 Å². The number of nitrogens with one attached hydrogen (secondary N) is 2. The van der Waals surface area contributed by atoms with Gasteiger partial charge >= 0.3 is 0 Å². The van der Waals surface area contributed by atoms with E-state index in [4.69, 9.17) is 0 Å². The van der Waals surface area contributed by atoms with Gasteiger partial charge in [-0.15, -0.1) is 0 Å². The van der Waals surface area contributed by atoms with Gasteiger partial charge in [0.25, 0.3) is 5.91 Å². The molecule has 0 bridgehead atoms. The van der Waals surface area contributed by atoms with Crippen molar-refractivity contribution in [1.82, 2.24) is 10.6 Å². The van der Waals surface area contributed by atoms with Crippen LogP contribution in [0.3, 0.4) is 0 Å². The summed E-state index contributed by atoms with van der Waals surface area (Å²) in [6.45, 7) is 2.51. The summed E-state index contributed by atoms with van der Waals surface area (Å²) in [5, 5.41) is 5.46. The summed E-state index contributed by atoms with van der Waals surface area (Å²) in [7, 11) is 0. The van der Waals surface area contributed by atoms with E-state index in [1.54, 1.807) is 0 Å². The lowest BCUT2D eigenvalue weighted by Crippen LogP contribution is -2.59. The standard InChI is InChI=1S/C18H23F3N2O2/c1-2-3-9-22-17(25)18(7-5-4-6-8-18)23-16(24)12-10-13(19)15(21)14(20)11-12/h10-11H,2-9H2,1H3,(H,22,25)(H,23,24). The number of hydrogen-bond acceptors (Lipinski definition) is 2. The van der Waals surface area contributed by atoms with Crippen LogP contribution in [-0.2, 0) is 4.79 Å². The Hall–Kier alpha value is -2.05. The van der Waals surface area contributed by atoms with Gasteiger partial charge in [-0.25, -0.2) is 13.2 Å². The van der Waals surface area contributed by atoms with Crippen molar-refractivity contribution < 1.29 is 22.8 Å². The molecule has 0 unspecified atom stereocenters. The van der Waals surface area contributed by atoms with Crippen LogP contribution < -0.4 is 10.6 Å². The minimum Gasteiger partial charge on any atom is -0.354 e. The molecule has 25 heavy (non-hydrogen) atoms. The van der Waals surface area contributed by atoms with Gasteiger partial charge in [0.2, 0.25) is 5.91 Å². The Labute approximate surface area is 145 Å². The van der Waals surface area contributed by atoms with Crippen LogP contribution in [0.5, 0.6) is 0 Å². The largest absolute Gasteiger partial charge is 0.354 e. The number of rotatable bonds is 6. The van der Waals surface area contributed by atoms with Crippen LogP contribution in [0.15, 0.2) is 12.1 Å². The summed E-state index contributed by atoms with van der Waals surface area (Å²) >= 11 is 0. The monoisotopic (exact) mass is 356 g/mol. The van der Waals surface area contributed by atoms with Crippen molar-refractivity contribution >= 4 is 11.8 Å². The van der Waals surface area contributed by atoms with Gasteiger partial charge in [0.05, 0.1) is 0 Å². The minimum absolute atomic E-state index is 0.281. The fourth-order valence-corrected chi connectivity index (χ4v) is 3.09. The molecule has 1 fully saturated rings. The van der Waals surface area contributed by atoms with Crippen LogP contribution in [0.25, 0.3) is 0 Å². The van der Waals surface area contributed by atoms with E-state index in [9.17, 15) is 22.8 Å². The lowest BCUT2D eigenvalue weighted by Gasteiger charge is -2.36. The van der Waals surface area contributed by atoms with Crippen molar-refractivity contribution in [2.45, 2.75) is 57.4 Å². The summed E-state index contributed by atoms with van der Waals surface area (Å²) < 4.78 is 39.8. The Kier molecular flexibility index (Phi) is 6.45. The zero-order chi connectivity index (χ0) is 18.4. The SMILES string of the molecule is CCCCNC(=O)C1(NC(=O)c2cc(F)c(F)c(F)c2)CCCCC1. The zero-order valence-corrected chi connectivity index (χ0v) is 14.3. The Morgan fingerprint density at radius 1 is 1.08 bits per heavy atom. The highest BCUT2D eigenvalue weighted by molar-refractivity contribution is 5.99. The first-order valence-corrected chi connectivity index (χ1v) is 8.65. The van der Waals surface area contributed by atoms with Crippen LogP contribution in [0, 0.1) is 17.5 Å². The molecule has 1 aromatic rings. The van der Waals surface area contributed by atoms with Crippen LogP contribution in [0.1, 0.15) is 62.2 Å². The first-order valence-electron chi connectivity index (χ1n) is 8.65. The maximum atomic E-state index is 13.4. The van der Waals surface area contributed by atoms with E-state index in [1.165, 1.54) is 0 Å². The fraction of sp³-hybridized carbons (Fsp3) is 0.556. The molecule has 138 valence electrons. The molecule has 0 radical (unpaired) electrons. The van der Waals surface area contributed by atoms with Crippen molar-refractivity contribution in [3.63, 3.8) is 0 Å². The second-order valence-electron chi connectivity index (χ2n) is 6.46. The summed E-state index contributed by atoms with van der Waals surface area (Å²) in [6.07, 6.45) is 5.17. The molecule has 1 aliphatic carbocycles. The summed E-state index contributed by atoms with van der Waals surface area (Å²) in [4.78, 5) is 25.0. The molecule has 0 aromatic heterocycles. The van der Waals surface area contributed by atoms with Crippen molar-refractivity contribution in [3.8, 4) is 0 Å². The Morgan fingerprint density at radius 2 is 1.68 bits per heavy atom. The van der Waals surface area contributed by atoms with Crippen molar-refractivity contribution in [2.75, 3.05) is 6.54 Å². The van der Waals surface area contributed by atoms with E-state index in [-0.39, 0.29) is 11.5 Å². The van der Waals surface area contributed by atoms with E-state index < -0.39 is 28.9 Å². The molecule has 4 nitrogen and oxygen atoms in total. The molecule has 0 aliphatic heterocycles. The molecule has 0 spiro atoms. The second-order valence-corrected chi connectivity index (χ2v) is 6.46. The molecule has 1 aliphatic rings. The molecule has 0 heterocycles. The molecule has 2 amide bonds. The van der Waals surface area contributed by atoms with E-state index in [0.717, 1.165) is 32.1 Å². The van der Waals surface area contributed by atoms with Gasteiger partial charge in [0, 0.05) is 12.1 Å². The first kappa shape index (κ1) is 19.3. The number of amides is 2. The van der Waals surface area contributed by atoms with Crippen LogP contribution in [0.2, 0.25) is 0 Å². The topological polar surface area (TPSA) is 58.2 Å². The molecule has 2 rings (SSSR count). The average molecular weight is 356 g/mol. The van der Waals surface area contributed by atoms with E-state index in [2.05, 4.69) is 10.6 Å². The van der Waals surface area contributed by atoms with E-state index in [1.807, 2.05) is 6.92 Å². The third-order valence-corrected chi connectivity index (χ3v) is 4.56. The first-order chi connectivity index (χ1) is 11.9. The minimum atomic E-state index is -1.62. The normalized spacial score (nSPS) is 16.3. The van der Waals surface area contributed by atoms with Gasteiger partial charge in [-0.2, -0.15) is 0 Å². The number of benzene rings is 1. The number of carbonyl (C=O) groups is 2. The average Bonchev–Trinajstić information content (AvgIpc) is 2.60. The molecule has 0 saturated heterocycles. The van der Waals surface area contributed by atoms with Crippen molar-refractivity contribution in [3.05, 3.63) is 35.1 Å². The Morgan fingerprint density at radius 3 is 2.24 bits per heavy atom. The fourth-order valence-electron chi connectivity index (χ4n) is 3.09. The van der Waals surface area contributed by atoms with E-state index >= 15 is 0 Å². The molecule has 1 aromatic carbocycles. The molecule has 1 saturated carbocycles. The van der Waals surface area contributed by atoms with Crippen molar-refractivity contribution in [1.29, 1.82) is 0 Å². The summed E-state index contributed by atoms with van der Waals surface area (Å²) in [6, 6.07) is 1.28.